The van der Waals surface area contributed by atoms with Crippen LogP contribution in [0, 0.1) is 23.7 Å². The molecule has 0 amide bonds. The van der Waals surface area contributed by atoms with Crippen molar-refractivity contribution >= 4 is 23.2 Å². The minimum Gasteiger partial charge on any atom is -0.506 e. The van der Waals surface area contributed by atoms with Crippen molar-refractivity contribution in [2.75, 3.05) is 0 Å². The molecule has 5 rings (SSSR count). The number of halogens is 2. The smallest absolute Gasteiger partial charge is 0.138 e. The van der Waals surface area contributed by atoms with E-state index >= 15 is 0 Å². The summed E-state index contributed by atoms with van der Waals surface area (Å²) in [6.07, 6.45) is 7.06. The lowest BCUT2D eigenvalue weighted by Gasteiger charge is -2.54. The van der Waals surface area contributed by atoms with Crippen LogP contribution < -0.4 is 5.32 Å². The van der Waals surface area contributed by atoms with Crippen molar-refractivity contribution in [2.24, 2.45) is 23.7 Å². The highest BCUT2D eigenvalue weighted by Crippen LogP contribution is 2.53. The molecule has 4 aliphatic rings. The van der Waals surface area contributed by atoms with Crippen LogP contribution >= 0.6 is 23.2 Å². The molecule has 1 aromatic rings. The van der Waals surface area contributed by atoms with E-state index in [0.717, 1.165) is 29.2 Å². The first-order chi connectivity index (χ1) is 10.1. The van der Waals surface area contributed by atoms with Gasteiger partial charge in [-0.2, -0.15) is 0 Å². The van der Waals surface area contributed by atoms with Gasteiger partial charge in [-0.15, -0.1) is 0 Å². The molecule has 114 valence electrons. The van der Waals surface area contributed by atoms with Gasteiger partial charge in [0.05, 0.1) is 5.02 Å². The fourth-order valence-corrected chi connectivity index (χ4v) is 5.78. The third-order valence-corrected chi connectivity index (χ3v) is 6.37. The Hall–Kier alpha value is -0.440. The second kappa shape index (κ2) is 5.33. The second-order valence-corrected chi connectivity index (χ2v) is 8.08. The minimum atomic E-state index is 0.164. The first-order valence-electron chi connectivity index (χ1n) is 8.00. The number of hydrogen-bond acceptors (Lipinski definition) is 2. The Balaban J connectivity index is 1.48. The predicted octanol–water partition coefficient (Wildman–Crippen LogP) is 4.61. The molecular weight excluding hydrogens is 305 g/mol. The normalized spacial score (nSPS) is 37.1. The number of rotatable bonds is 3. The molecule has 0 saturated heterocycles. The molecule has 1 aromatic carbocycles. The van der Waals surface area contributed by atoms with E-state index < -0.39 is 0 Å². The summed E-state index contributed by atoms with van der Waals surface area (Å²) in [5, 5.41) is 14.7. The average molecular weight is 326 g/mol. The molecule has 21 heavy (non-hydrogen) atoms. The molecule has 4 aliphatic carbocycles. The third-order valence-electron chi connectivity index (χ3n) is 5.86. The maximum Gasteiger partial charge on any atom is 0.138 e. The van der Waals surface area contributed by atoms with Gasteiger partial charge in [0.1, 0.15) is 5.75 Å². The van der Waals surface area contributed by atoms with E-state index in [0.29, 0.717) is 22.6 Å². The summed E-state index contributed by atoms with van der Waals surface area (Å²) in [5.41, 5.74) is 0.807. The summed E-state index contributed by atoms with van der Waals surface area (Å²) >= 11 is 12.0. The summed E-state index contributed by atoms with van der Waals surface area (Å²) in [6, 6.07) is 4.01. The summed E-state index contributed by atoms with van der Waals surface area (Å²) in [4.78, 5) is 0. The van der Waals surface area contributed by atoms with E-state index in [-0.39, 0.29) is 5.75 Å². The molecule has 0 heterocycles. The van der Waals surface area contributed by atoms with Crippen molar-refractivity contribution in [2.45, 2.75) is 44.7 Å². The van der Waals surface area contributed by atoms with E-state index in [1.165, 1.54) is 32.1 Å². The Kier molecular flexibility index (Phi) is 3.60. The molecule has 4 fully saturated rings. The van der Waals surface area contributed by atoms with Gasteiger partial charge in [-0.3, -0.25) is 0 Å². The van der Waals surface area contributed by atoms with Crippen molar-refractivity contribution in [1.29, 1.82) is 0 Å². The molecule has 0 aromatic heterocycles. The van der Waals surface area contributed by atoms with Crippen molar-refractivity contribution in [3.8, 4) is 5.75 Å². The van der Waals surface area contributed by atoms with Crippen LogP contribution in [-0.4, -0.2) is 11.1 Å². The minimum absolute atomic E-state index is 0.164. The second-order valence-electron chi connectivity index (χ2n) is 7.23. The summed E-state index contributed by atoms with van der Waals surface area (Å²) in [6.45, 7) is 0.652. The molecule has 2 nitrogen and oxygen atoms in total. The number of aromatic hydroxyl groups is 1. The predicted molar refractivity (Wildman–Crippen MR) is 85.8 cm³/mol. The van der Waals surface area contributed by atoms with Crippen LogP contribution in [0.15, 0.2) is 12.1 Å². The van der Waals surface area contributed by atoms with Gasteiger partial charge in [-0.25, -0.2) is 0 Å². The number of nitrogens with one attached hydrogen (secondary N) is 1. The maximum atomic E-state index is 10.1. The highest BCUT2D eigenvalue weighted by molar-refractivity contribution is 6.35. The molecule has 0 radical (unpaired) electrons. The van der Waals surface area contributed by atoms with Crippen molar-refractivity contribution < 1.29 is 5.11 Å². The Bertz CT molecular complexity index is 532. The van der Waals surface area contributed by atoms with Crippen LogP contribution in [0.25, 0.3) is 0 Å². The fourth-order valence-electron chi connectivity index (χ4n) is 5.24. The van der Waals surface area contributed by atoms with E-state index in [1.807, 2.05) is 6.07 Å². The van der Waals surface area contributed by atoms with Gasteiger partial charge in [-0.05, 0) is 67.9 Å². The molecule has 4 saturated carbocycles. The van der Waals surface area contributed by atoms with Crippen LogP contribution in [0.5, 0.6) is 5.75 Å². The zero-order chi connectivity index (χ0) is 14.6. The zero-order valence-electron chi connectivity index (χ0n) is 12.0. The van der Waals surface area contributed by atoms with Crippen LogP contribution in [0.1, 0.15) is 37.7 Å². The van der Waals surface area contributed by atoms with Gasteiger partial charge in [0.25, 0.3) is 0 Å². The molecule has 0 aliphatic heterocycles. The summed E-state index contributed by atoms with van der Waals surface area (Å²) in [7, 11) is 0. The first kappa shape index (κ1) is 14.2. The topological polar surface area (TPSA) is 32.3 Å². The largest absolute Gasteiger partial charge is 0.506 e. The van der Waals surface area contributed by atoms with Crippen molar-refractivity contribution in [1.82, 2.24) is 5.32 Å². The van der Waals surface area contributed by atoms with Crippen molar-refractivity contribution in [3.63, 3.8) is 0 Å². The van der Waals surface area contributed by atoms with E-state index in [9.17, 15) is 5.11 Å². The monoisotopic (exact) mass is 325 g/mol. The van der Waals surface area contributed by atoms with Gasteiger partial charge in [0.2, 0.25) is 0 Å². The Labute approximate surface area is 135 Å². The highest BCUT2D eigenvalue weighted by Gasteiger charge is 2.47. The zero-order valence-corrected chi connectivity index (χ0v) is 13.5. The third kappa shape index (κ3) is 2.56. The van der Waals surface area contributed by atoms with Gasteiger partial charge in [-0.1, -0.05) is 23.2 Å². The quantitative estimate of drug-likeness (QED) is 0.850. The summed E-state index contributed by atoms with van der Waals surface area (Å²) in [5.74, 6) is 3.80. The van der Waals surface area contributed by atoms with Crippen molar-refractivity contribution in [3.05, 3.63) is 27.7 Å². The molecule has 0 unspecified atom stereocenters. The molecule has 0 atom stereocenters. The van der Waals surface area contributed by atoms with E-state index in [2.05, 4.69) is 5.32 Å². The Morgan fingerprint density at radius 2 is 1.62 bits per heavy atom. The van der Waals surface area contributed by atoms with E-state index in [4.69, 9.17) is 23.2 Å². The van der Waals surface area contributed by atoms with Gasteiger partial charge >= 0.3 is 0 Å². The average Bonchev–Trinajstić information content (AvgIpc) is 2.42. The standard InChI is InChI=1S/C17H21Cl2NO/c18-14-6-13(17(21)15(19)7-14)8-20-16-11-2-9-1-10(4-11)5-12(16)3-9/h6-7,9-12,16,20-21H,1-5,8H2. The van der Waals surface area contributed by atoms with Crippen LogP contribution in [0.4, 0.5) is 0 Å². The SMILES string of the molecule is Oc1c(Cl)cc(Cl)cc1CNC1C2CC3CC(C2)CC1C3. The maximum absolute atomic E-state index is 10.1. The molecule has 4 bridgehead atoms. The lowest BCUT2D eigenvalue weighted by atomic mass is 9.54. The number of hydrogen-bond donors (Lipinski definition) is 2. The number of phenolic OH excluding ortho intramolecular Hbond substituents is 1. The molecular formula is C17H21Cl2NO. The van der Waals surface area contributed by atoms with E-state index in [1.54, 1.807) is 6.07 Å². The lowest BCUT2D eigenvalue weighted by Crippen LogP contribution is -2.54. The fraction of sp³-hybridized carbons (Fsp3) is 0.647. The highest BCUT2D eigenvalue weighted by atomic mass is 35.5. The van der Waals surface area contributed by atoms with Gasteiger partial charge in [0.15, 0.2) is 0 Å². The first-order valence-corrected chi connectivity index (χ1v) is 8.76. The lowest BCUT2D eigenvalue weighted by molar-refractivity contribution is -0.0143. The van der Waals surface area contributed by atoms with Crippen LogP contribution in [0.2, 0.25) is 10.0 Å². The molecule has 0 spiro atoms. The Morgan fingerprint density at radius 1 is 1.00 bits per heavy atom. The number of phenols is 1. The van der Waals surface area contributed by atoms with Crippen LogP contribution in [-0.2, 0) is 6.54 Å². The van der Waals surface area contributed by atoms with Crippen LogP contribution in [0.3, 0.4) is 0 Å². The summed E-state index contributed by atoms with van der Waals surface area (Å²) < 4.78 is 0. The number of benzene rings is 1. The van der Waals surface area contributed by atoms with Gasteiger partial charge < -0.3 is 10.4 Å². The molecule has 4 heteroatoms. The van der Waals surface area contributed by atoms with Gasteiger partial charge in [0, 0.05) is 23.2 Å². The Morgan fingerprint density at radius 3 is 2.24 bits per heavy atom. The molecule has 2 N–H and O–H groups in total.